The van der Waals surface area contributed by atoms with Gasteiger partial charge < -0.3 is 13.3 Å². The summed E-state index contributed by atoms with van der Waals surface area (Å²) in [7, 11) is 4.82. The van der Waals surface area contributed by atoms with Crippen LogP contribution < -0.4 is 13.7 Å². The first kappa shape index (κ1) is 37.2. The Balaban J connectivity index is 0.000000160. The Morgan fingerprint density at radius 1 is 0.425 bits per heavy atom. The van der Waals surface area contributed by atoms with E-state index in [1.807, 2.05) is 31.3 Å². The molecular formula is C97H101N6O3+3. The molecule has 0 N–H and O–H groups in total. The lowest BCUT2D eigenvalue weighted by molar-refractivity contribution is -0.660. The molecule has 15 aromatic rings. The molecule has 0 amide bonds. The summed E-state index contributed by atoms with van der Waals surface area (Å²) in [5.74, 6) is -12.9. The first-order chi connectivity index (χ1) is 66.8. The maximum Gasteiger partial charge on any atom is 0.227 e. The highest BCUT2D eigenvalue weighted by Crippen LogP contribution is 2.59. The molecule has 3 aliphatic carbocycles. The van der Waals surface area contributed by atoms with Crippen molar-refractivity contribution in [3.8, 4) is 67.2 Å². The minimum Gasteiger partial charge on any atom is -0.437 e. The van der Waals surface area contributed by atoms with E-state index < -0.39 is 145 Å². The van der Waals surface area contributed by atoms with Crippen LogP contribution in [0.5, 0.6) is 0 Å². The van der Waals surface area contributed by atoms with Crippen molar-refractivity contribution in [1.82, 2.24) is 15.0 Å². The second kappa shape index (κ2) is 25.4. The number of aromatic nitrogens is 6. The fraction of sp³-hybridized carbons (Fsp3) is 0.320. The van der Waals surface area contributed by atoms with Gasteiger partial charge in [-0.2, -0.15) is 0 Å². The lowest BCUT2D eigenvalue weighted by atomic mass is 9.64. The average molecular weight is 1440 g/mol. The first-order valence-electron chi connectivity index (χ1n) is 54.9. The monoisotopic (exact) mass is 1440 g/mol. The van der Waals surface area contributed by atoms with Gasteiger partial charge in [0.1, 0.15) is 21.1 Å². The summed E-state index contributed by atoms with van der Waals surface area (Å²) in [6, 6.07) is 38.1. The van der Waals surface area contributed by atoms with Gasteiger partial charge in [0.25, 0.3) is 0 Å². The molecule has 0 spiro atoms. The molecule has 534 valence electrons. The maximum absolute atomic E-state index is 9.63. The highest BCUT2D eigenvalue weighted by molar-refractivity contribution is 6.14. The largest absolute Gasteiger partial charge is 0.437 e. The van der Waals surface area contributed by atoms with Crippen molar-refractivity contribution >= 4 is 66.2 Å². The van der Waals surface area contributed by atoms with Gasteiger partial charge in [0.05, 0.1) is 33.5 Å². The second-order valence-corrected chi connectivity index (χ2v) is 28.5. The van der Waals surface area contributed by atoms with Crippen molar-refractivity contribution in [2.24, 2.45) is 44.7 Å². The molecule has 0 saturated carbocycles. The number of pyridine rings is 6. The third-order valence-electron chi connectivity index (χ3n) is 21.3. The van der Waals surface area contributed by atoms with Crippen LogP contribution in [0.1, 0.15) is 222 Å². The molecule has 0 saturated heterocycles. The fourth-order valence-electron chi connectivity index (χ4n) is 16.5. The SMILES string of the molecule is [2H]C([2H])([2H])c1cc(-c2c(C)ccc3c2oc2nc4c(cc23)-c2ccccc2C4(C([2H])(C)C([2H])([2H])[2H])C([2H])(C([2H])([2H])[2H])C([2H])([2H])[2H])[n+](C)cc1C([2H])([2H])[2H].[2H]C([2H])([2H])c1cc(-c2c(C)ccc3c2oc2nc4c(cc23)-c2ccccc2C4(C([2H])([2H])C([2H])(C)C([2H])([2H])[2H])C([2H])([2H])C([2H])(C)C([2H])([2H])[2H])[n+](C)cc1C([2H])([2H])[2H].[2H]C([2H])([2H])c1cc(-c2c(C)ccc3c2oc2ncc4c(c23)C(C)(C)c2ccccc2-4)[n+](C)cc1C([2H])([2H])[2H]. The van der Waals surface area contributed by atoms with Crippen LogP contribution in [-0.4, -0.2) is 15.0 Å². The lowest BCUT2D eigenvalue weighted by Crippen LogP contribution is -2.38. The van der Waals surface area contributed by atoms with Crippen LogP contribution in [0.25, 0.3) is 133 Å². The van der Waals surface area contributed by atoms with Crippen molar-refractivity contribution in [2.45, 2.75) is 160 Å². The molecule has 106 heavy (non-hydrogen) atoms. The molecular weight excluding hydrogens is 1300 g/mol. The van der Waals surface area contributed by atoms with Crippen molar-refractivity contribution in [2.75, 3.05) is 0 Å². The number of rotatable bonds is 9. The standard InChI is InChI=1S/C35H39N2O.C33H35N2O.C29H27N2O/c1-20(2)17-35(18-21(3)4)29-12-10-9-11-25(29)27-16-28-26-14-13-22(5)31(32(26)38-34(28)36-33(27)35)30-15-23(6)24(7)19-37(30)8;1-18(2)33(19(3)4)27-12-10-9-11-23(27)25-16-26-24-14-13-20(5)29(30(24)36-32(26)34-31(25)33)28-15-21(6)22(7)17-35(28)8;1-16-11-12-20-25-26-21(19-9-7-8-10-22(19)29(26,4)5)14-30-28(25)32-27(20)24(16)23-13-17(2)18(3)15-31(23)6/h9-16,19-21H,17-18H2,1-8H3;9-19H,1-8H3;7-15H,1-6H3/q3*+1/i1D3,3D3,6D3,7D3,17D2,18D2,20D,21D;1D3,2D3,3D3,6D3,7D3,18D,19D;2D3,3D3. The minimum atomic E-state index is -3.69. The van der Waals surface area contributed by atoms with E-state index in [1.165, 1.54) is 94.0 Å². The smallest absolute Gasteiger partial charge is 0.227 e. The Bertz CT molecular complexity index is 7930. The van der Waals surface area contributed by atoms with Crippen molar-refractivity contribution in [3.05, 3.63) is 248 Å². The summed E-state index contributed by atoms with van der Waals surface area (Å²) in [6.45, 7) is -21.5. The van der Waals surface area contributed by atoms with E-state index in [4.69, 9.17) is 76.2 Å². The van der Waals surface area contributed by atoms with Crippen LogP contribution in [0, 0.1) is 85.5 Å². The van der Waals surface area contributed by atoms with Crippen LogP contribution >= 0.6 is 0 Å². The van der Waals surface area contributed by atoms with E-state index in [9.17, 15) is 8.22 Å². The molecule has 18 rings (SSSR count). The Kier molecular flexibility index (Phi) is 8.93. The number of fused-ring (bicyclic) bond motifs is 19. The van der Waals surface area contributed by atoms with Crippen molar-refractivity contribution in [3.63, 3.8) is 0 Å². The Morgan fingerprint density at radius 3 is 1.32 bits per heavy atom. The van der Waals surface area contributed by atoms with Gasteiger partial charge in [0.15, 0.2) is 35.3 Å². The number of aryl methyl sites for hydroxylation is 12. The molecule has 4 atom stereocenters. The van der Waals surface area contributed by atoms with Gasteiger partial charge in [-0.05, 0) is 183 Å². The van der Waals surface area contributed by atoms with Crippen molar-refractivity contribution < 1.29 is 83.2 Å². The van der Waals surface area contributed by atoms with Gasteiger partial charge in [0.2, 0.25) is 34.2 Å². The molecule has 0 radical (unpaired) electrons. The molecule has 0 fully saturated rings. The highest BCUT2D eigenvalue weighted by Gasteiger charge is 2.50. The van der Waals surface area contributed by atoms with Gasteiger partial charge in [-0.3, -0.25) is 0 Å². The molecule has 4 unspecified atom stereocenters. The van der Waals surface area contributed by atoms with Crippen molar-refractivity contribution in [1.29, 1.82) is 0 Å². The Labute approximate surface area is 682 Å². The third-order valence-corrected chi connectivity index (χ3v) is 21.3. The summed E-state index contributed by atoms with van der Waals surface area (Å²) >= 11 is 0. The van der Waals surface area contributed by atoms with Gasteiger partial charge in [-0.25, -0.2) is 28.7 Å². The summed E-state index contributed by atoms with van der Waals surface area (Å²) < 4.78 is 370. The Hall–Kier alpha value is -10.4. The third kappa shape index (κ3) is 10.5. The second-order valence-electron chi connectivity index (χ2n) is 28.5. The predicted molar refractivity (Wildman–Crippen MR) is 436 cm³/mol. The van der Waals surface area contributed by atoms with Gasteiger partial charge in [0, 0.05) is 157 Å². The molecule has 9 heterocycles. The molecule has 9 nitrogen and oxygen atoms in total. The van der Waals surface area contributed by atoms with E-state index in [0.29, 0.717) is 66.4 Å². The zero-order valence-corrected chi connectivity index (χ0v) is 60.0. The summed E-state index contributed by atoms with van der Waals surface area (Å²) in [5.41, 5.74) is 1.43. The van der Waals surface area contributed by atoms with Crippen LogP contribution in [0.4, 0.5) is 0 Å². The molecule has 9 aromatic heterocycles. The Morgan fingerprint density at radius 2 is 0.840 bits per heavy atom. The van der Waals surface area contributed by atoms with Crippen LogP contribution in [-0.2, 0) is 37.4 Å². The van der Waals surface area contributed by atoms with Crippen LogP contribution in [0.15, 0.2) is 178 Å². The summed E-state index contributed by atoms with van der Waals surface area (Å²) in [4.78, 5) is 14.1. The van der Waals surface area contributed by atoms with E-state index in [1.54, 1.807) is 82.0 Å². The fourth-order valence-corrected chi connectivity index (χ4v) is 16.5. The molecule has 0 aliphatic heterocycles. The normalized spacial score (nSPS) is 25.1. The van der Waals surface area contributed by atoms with Crippen LogP contribution in [0.3, 0.4) is 0 Å². The van der Waals surface area contributed by atoms with E-state index in [0.717, 1.165) is 53.8 Å². The molecule has 9 heteroatoms. The maximum atomic E-state index is 9.63. The van der Waals surface area contributed by atoms with E-state index in [-0.39, 0.29) is 95.0 Å². The first-order valence-corrected chi connectivity index (χ1v) is 34.4. The van der Waals surface area contributed by atoms with Gasteiger partial charge in [-0.15, -0.1) is 0 Å². The molecule has 0 bridgehead atoms. The number of hydrogen-bond donors (Lipinski definition) is 0. The van der Waals surface area contributed by atoms with Gasteiger partial charge >= 0.3 is 0 Å². The zero-order chi connectivity index (χ0) is 110. The van der Waals surface area contributed by atoms with Crippen LogP contribution in [0.2, 0.25) is 0 Å². The molecule has 3 aliphatic rings. The van der Waals surface area contributed by atoms with E-state index >= 15 is 0 Å². The highest BCUT2D eigenvalue weighted by atomic mass is 16.3. The molecule has 6 aromatic carbocycles. The number of hydrogen-bond acceptors (Lipinski definition) is 6. The predicted octanol–water partition coefficient (Wildman–Crippen LogP) is 23.4. The topological polar surface area (TPSA) is 89.7 Å². The number of furan rings is 3. The number of nitrogens with zero attached hydrogens (tertiary/aromatic N) is 6. The quantitative estimate of drug-likeness (QED) is 0.134. The lowest BCUT2D eigenvalue weighted by Gasteiger charge is -2.39. The summed E-state index contributed by atoms with van der Waals surface area (Å²) in [6.07, 6.45) is -1.30. The number of benzene rings is 6. The zero-order valence-electron chi connectivity index (χ0n) is 101. The summed E-state index contributed by atoms with van der Waals surface area (Å²) in [5, 5.41) is 3.35. The van der Waals surface area contributed by atoms with Gasteiger partial charge in [-0.1, -0.05) is 178 Å². The minimum absolute atomic E-state index is 0.0885. The average Bonchev–Trinajstić information content (AvgIpc) is 1.50. The van der Waals surface area contributed by atoms with E-state index in [2.05, 4.69) is 32.0 Å².